The van der Waals surface area contributed by atoms with Crippen LogP contribution < -0.4 is 11.1 Å². The first-order chi connectivity index (χ1) is 7.74. The smallest absolute Gasteiger partial charge is 0.253 e. The van der Waals surface area contributed by atoms with E-state index in [1.165, 1.54) is 0 Å². The number of primary amides is 1. The number of halogens is 2. The van der Waals surface area contributed by atoms with Gasteiger partial charge in [0.1, 0.15) is 5.54 Å². The number of benzene rings is 1. The van der Waals surface area contributed by atoms with Crippen molar-refractivity contribution in [2.24, 2.45) is 5.73 Å². The van der Waals surface area contributed by atoms with Crippen LogP contribution in [-0.2, 0) is 4.79 Å². The molecule has 17 heavy (non-hydrogen) atoms. The fraction of sp³-hybridized carbons (Fsp3) is 0.273. The second kappa shape index (κ2) is 5.34. The van der Waals surface area contributed by atoms with Gasteiger partial charge in [0, 0.05) is 8.04 Å². The largest absolute Gasteiger partial charge is 0.368 e. The molecule has 0 heterocycles. The lowest BCUT2D eigenvalue weighted by Gasteiger charge is -2.22. The molecule has 0 aliphatic carbocycles. The first kappa shape index (κ1) is 14.4. The van der Waals surface area contributed by atoms with E-state index in [0.717, 1.165) is 3.57 Å². The molecule has 1 aromatic carbocycles. The van der Waals surface area contributed by atoms with Gasteiger partial charge in [-0.15, -0.1) is 0 Å². The van der Waals surface area contributed by atoms with Crippen molar-refractivity contribution in [3.05, 3.63) is 31.8 Å². The Bertz CT molecular complexity index is 475. The number of nitrogens with one attached hydrogen (secondary N) is 1. The number of nitrogens with two attached hydrogens (primary N) is 1. The molecule has 0 aromatic heterocycles. The van der Waals surface area contributed by atoms with Gasteiger partial charge < -0.3 is 11.1 Å². The van der Waals surface area contributed by atoms with Crippen LogP contribution in [0.15, 0.2) is 22.7 Å². The average Bonchev–Trinajstić information content (AvgIpc) is 2.20. The molecule has 0 saturated heterocycles. The van der Waals surface area contributed by atoms with Crippen molar-refractivity contribution in [2.75, 3.05) is 0 Å². The SMILES string of the molecule is CC(C)(NC(=O)c1cc(I)ccc1Br)C(N)=O. The molecule has 0 fully saturated rings. The lowest BCUT2D eigenvalue weighted by Crippen LogP contribution is -2.53. The third kappa shape index (κ3) is 3.67. The maximum atomic E-state index is 12.0. The molecule has 0 aliphatic rings. The van der Waals surface area contributed by atoms with Crippen LogP contribution in [0.1, 0.15) is 24.2 Å². The summed E-state index contributed by atoms with van der Waals surface area (Å²) in [4.78, 5) is 23.1. The molecule has 0 radical (unpaired) electrons. The number of hydrogen-bond donors (Lipinski definition) is 2. The Balaban J connectivity index is 2.98. The van der Waals surface area contributed by atoms with E-state index in [4.69, 9.17) is 5.73 Å². The second-order valence-electron chi connectivity index (χ2n) is 4.07. The van der Waals surface area contributed by atoms with Gasteiger partial charge >= 0.3 is 0 Å². The molecular weight excluding hydrogens is 399 g/mol. The van der Waals surface area contributed by atoms with E-state index in [1.807, 2.05) is 6.07 Å². The maximum Gasteiger partial charge on any atom is 0.253 e. The Morgan fingerprint density at radius 2 is 2.00 bits per heavy atom. The molecule has 0 unspecified atom stereocenters. The highest BCUT2D eigenvalue weighted by molar-refractivity contribution is 14.1. The molecular formula is C11H12BrIN2O2. The highest BCUT2D eigenvalue weighted by Crippen LogP contribution is 2.20. The quantitative estimate of drug-likeness (QED) is 0.748. The van der Waals surface area contributed by atoms with Crippen LogP contribution in [0, 0.1) is 3.57 Å². The fourth-order valence-electron chi connectivity index (χ4n) is 1.08. The van der Waals surface area contributed by atoms with Gasteiger partial charge in [0.05, 0.1) is 5.56 Å². The maximum absolute atomic E-state index is 12.0. The molecule has 0 spiro atoms. The van der Waals surface area contributed by atoms with E-state index in [0.29, 0.717) is 10.0 Å². The van der Waals surface area contributed by atoms with E-state index in [2.05, 4.69) is 43.8 Å². The highest BCUT2D eigenvalue weighted by Gasteiger charge is 2.27. The highest BCUT2D eigenvalue weighted by atomic mass is 127. The Morgan fingerprint density at radius 3 is 2.53 bits per heavy atom. The molecule has 3 N–H and O–H groups in total. The van der Waals surface area contributed by atoms with Crippen LogP contribution in [0.4, 0.5) is 0 Å². The number of rotatable bonds is 3. The van der Waals surface area contributed by atoms with Crippen molar-refractivity contribution in [2.45, 2.75) is 19.4 Å². The summed E-state index contributed by atoms with van der Waals surface area (Å²) < 4.78 is 1.61. The zero-order valence-electron chi connectivity index (χ0n) is 9.38. The summed E-state index contributed by atoms with van der Waals surface area (Å²) >= 11 is 5.41. The van der Waals surface area contributed by atoms with Crippen LogP contribution in [0.5, 0.6) is 0 Å². The van der Waals surface area contributed by atoms with Gasteiger partial charge in [-0.1, -0.05) is 0 Å². The van der Waals surface area contributed by atoms with Crippen molar-refractivity contribution >= 4 is 50.3 Å². The summed E-state index contributed by atoms with van der Waals surface area (Å²) in [5, 5.41) is 2.59. The van der Waals surface area contributed by atoms with Crippen molar-refractivity contribution in [1.82, 2.24) is 5.32 Å². The molecule has 1 aromatic rings. The van der Waals surface area contributed by atoms with Gasteiger partial charge in [0.25, 0.3) is 5.91 Å². The molecule has 0 saturated carbocycles. The lowest BCUT2D eigenvalue weighted by molar-refractivity contribution is -0.122. The minimum absolute atomic E-state index is 0.334. The normalized spacial score (nSPS) is 11.1. The summed E-state index contributed by atoms with van der Waals surface area (Å²) in [5.74, 6) is -0.910. The van der Waals surface area contributed by atoms with Gasteiger partial charge in [0.2, 0.25) is 5.91 Å². The number of carbonyl (C=O) groups is 2. The fourth-order valence-corrected chi connectivity index (χ4v) is 2.00. The van der Waals surface area contributed by atoms with E-state index < -0.39 is 11.4 Å². The standard InChI is InChI=1S/C11H12BrIN2O2/c1-11(2,10(14)17)15-9(16)7-5-6(13)3-4-8(7)12/h3-5H,1-2H3,(H2,14,17)(H,15,16). The van der Waals surface area contributed by atoms with Gasteiger partial charge in [-0.05, 0) is 70.6 Å². The number of hydrogen-bond acceptors (Lipinski definition) is 2. The molecule has 0 atom stereocenters. The molecule has 0 aliphatic heterocycles. The minimum Gasteiger partial charge on any atom is -0.368 e. The Kier molecular flexibility index (Phi) is 4.54. The summed E-state index contributed by atoms with van der Waals surface area (Å²) in [6, 6.07) is 5.39. The topological polar surface area (TPSA) is 72.2 Å². The third-order valence-electron chi connectivity index (χ3n) is 2.22. The third-order valence-corrected chi connectivity index (χ3v) is 3.58. The summed E-state index contributed by atoms with van der Waals surface area (Å²) in [6.45, 7) is 3.13. The van der Waals surface area contributed by atoms with Crippen LogP contribution in [0.2, 0.25) is 0 Å². The predicted octanol–water partition coefficient (Wildman–Crippen LogP) is 2.05. The average molecular weight is 411 g/mol. The van der Waals surface area contributed by atoms with E-state index >= 15 is 0 Å². The van der Waals surface area contributed by atoms with Crippen LogP contribution >= 0.6 is 38.5 Å². The number of carbonyl (C=O) groups excluding carboxylic acids is 2. The molecule has 92 valence electrons. The summed E-state index contributed by atoms with van der Waals surface area (Å²) in [7, 11) is 0. The van der Waals surface area contributed by atoms with Crippen molar-refractivity contribution < 1.29 is 9.59 Å². The molecule has 0 bridgehead atoms. The minimum atomic E-state index is -1.07. The van der Waals surface area contributed by atoms with E-state index in [-0.39, 0.29) is 5.91 Å². The Labute approximate surface area is 122 Å². The second-order valence-corrected chi connectivity index (χ2v) is 6.17. The first-order valence-electron chi connectivity index (χ1n) is 4.81. The number of amides is 2. The van der Waals surface area contributed by atoms with Crippen LogP contribution in [0.3, 0.4) is 0 Å². The molecule has 1 rings (SSSR count). The lowest BCUT2D eigenvalue weighted by atomic mass is 10.0. The zero-order valence-corrected chi connectivity index (χ0v) is 13.1. The zero-order chi connectivity index (χ0) is 13.2. The molecule has 2 amide bonds. The van der Waals surface area contributed by atoms with Crippen LogP contribution in [0.25, 0.3) is 0 Å². The summed E-state index contributed by atoms with van der Waals surface area (Å²) in [6.07, 6.45) is 0. The van der Waals surface area contributed by atoms with Crippen molar-refractivity contribution in [3.63, 3.8) is 0 Å². The Morgan fingerprint density at radius 1 is 1.41 bits per heavy atom. The van der Waals surface area contributed by atoms with Crippen molar-refractivity contribution in [3.8, 4) is 0 Å². The molecule has 4 nitrogen and oxygen atoms in total. The summed E-state index contributed by atoms with van der Waals surface area (Å²) in [5.41, 5.74) is 4.60. The van der Waals surface area contributed by atoms with E-state index in [1.54, 1.807) is 26.0 Å². The van der Waals surface area contributed by atoms with Gasteiger partial charge in [-0.2, -0.15) is 0 Å². The van der Waals surface area contributed by atoms with Gasteiger partial charge in [0.15, 0.2) is 0 Å². The van der Waals surface area contributed by atoms with Crippen LogP contribution in [-0.4, -0.2) is 17.4 Å². The first-order valence-corrected chi connectivity index (χ1v) is 6.68. The predicted molar refractivity (Wildman–Crippen MR) is 77.6 cm³/mol. The van der Waals surface area contributed by atoms with Gasteiger partial charge in [-0.3, -0.25) is 9.59 Å². The molecule has 6 heteroatoms. The van der Waals surface area contributed by atoms with E-state index in [9.17, 15) is 9.59 Å². The van der Waals surface area contributed by atoms with Crippen molar-refractivity contribution in [1.29, 1.82) is 0 Å². The monoisotopic (exact) mass is 410 g/mol. The van der Waals surface area contributed by atoms with Gasteiger partial charge in [-0.25, -0.2) is 0 Å². The Hall–Kier alpha value is -0.630.